The average Bonchev–Trinajstić information content (AvgIpc) is 2.98. The third kappa shape index (κ3) is 3.67. The van der Waals surface area contributed by atoms with E-state index in [1.54, 1.807) is 19.2 Å². The number of aromatic nitrogens is 2. The van der Waals surface area contributed by atoms with Gasteiger partial charge >= 0.3 is 0 Å². The lowest BCUT2D eigenvalue weighted by Gasteiger charge is -2.39. The lowest BCUT2D eigenvalue weighted by molar-refractivity contribution is 0.0397. The van der Waals surface area contributed by atoms with Gasteiger partial charge in [-0.25, -0.2) is 4.98 Å². The van der Waals surface area contributed by atoms with Crippen LogP contribution in [0.1, 0.15) is 55.6 Å². The Hall–Kier alpha value is -1.59. The zero-order valence-corrected chi connectivity index (χ0v) is 16.1. The van der Waals surface area contributed by atoms with E-state index in [0.717, 1.165) is 31.4 Å². The summed E-state index contributed by atoms with van der Waals surface area (Å²) in [6.45, 7) is 6.15. The molecule has 6 heteroatoms. The van der Waals surface area contributed by atoms with Crippen molar-refractivity contribution in [2.45, 2.75) is 58.1 Å². The van der Waals surface area contributed by atoms with Crippen LogP contribution in [-0.4, -0.2) is 34.0 Å². The molecular weight excluding hydrogens is 338 g/mol. The van der Waals surface area contributed by atoms with Gasteiger partial charge in [0.25, 0.3) is 5.91 Å². The molecule has 0 atom stereocenters. The number of carbonyl (C=O) groups is 1. The minimum atomic E-state index is -0.280. The van der Waals surface area contributed by atoms with Crippen molar-refractivity contribution in [2.24, 2.45) is 5.92 Å². The Bertz CT molecular complexity index is 776. The maximum atomic E-state index is 12.9. The molecule has 0 bridgehead atoms. The molecule has 0 saturated heterocycles. The zero-order valence-electron chi connectivity index (χ0n) is 15.3. The quantitative estimate of drug-likeness (QED) is 0.835. The molecule has 2 aromatic rings. The molecule has 2 aromatic heterocycles. The molecule has 0 aliphatic heterocycles. The fourth-order valence-corrected chi connectivity index (χ4v) is 4.10. The van der Waals surface area contributed by atoms with Crippen molar-refractivity contribution in [3.05, 3.63) is 34.7 Å². The van der Waals surface area contributed by atoms with Gasteiger partial charge in [0, 0.05) is 24.5 Å². The standard InChI is InChI=1S/C19H26ClN3O2/c1-12-11-16(20)21-17-15(9-10-23(12)17)18(24)22-19(2,3)13-5-7-14(25-4)8-6-13/h9-11,13-14H,5-8H2,1-4H3,(H,22,24)/t13-,14+. The van der Waals surface area contributed by atoms with E-state index in [4.69, 9.17) is 16.3 Å². The number of hydrogen-bond acceptors (Lipinski definition) is 3. The van der Waals surface area contributed by atoms with Crippen molar-refractivity contribution >= 4 is 23.2 Å². The fourth-order valence-electron chi connectivity index (χ4n) is 3.86. The molecule has 2 heterocycles. The second kappa shape index (κ2) is 6.96. The molecule has 1 amide bonds. The molecule has 136 valence electrons. The number of halogens is 1. The van der Waals surface area contributed by atoms with Gasteiger partial charge in [0.05, 0.1) is 11.7 Å². The van der Waals surface area contributed by atoms with Crippen molar-refractivity contribution in [2.75, 3.05) is 7.11 Å². The number of nitrogens with one attached hydrogen (secondary N) is 1. The Morgan fingerprint density at radius 1 is 1.36 bits per heavy atom. The van der Waals surface area contributed by atoms with E-state index in [2.05, 4.69) is 24.1 Å². The topological polar surface area (TPSA) is 55.6 Å². The van der Waals surface area contributed by atoms with E-state index in [9.17, 15) is 4.79 Å². The predicted molar refractivity (Wildman–Crippen MR) is 99.2 cm³/mol. The number of carbonyl (C=O) groups excluding carboxylic acids is 1. The number of nitrogens with zero attached hydrogens (tertiary/aromatic N) is 2. The number of rotatable bonds is 4. The number of hydrogen-bond donors (Lipinski definition) is 1. The number of aryl methyl sites for hydroxylation is 1. The van der Waals surface area contributed by atoms with Gasteiger partial charge in [-0.1, -0.05) is 11.6 Å². The molecule has 0 unspecified atom stereocenters. The van der Waals surface area contributed by atoms with Crippen molar-refractivity contribution in [3.8, 4) is 0 Å². The molecule has 25 heavy (non-hydrogen) atoms. The summed E-state index contributed by atoms with van der Waals surface area (Å²) in [5.74, 6) is 0.338. The second-order valence-corrected chi connectivity index (χ2v) is 7.92. The normalized spacial score (nSPS) is 21.5. The van der Waals surface area contributed by atoms with Gasteiger partial charge in [0.15, 0.2) is 5.65 Å². The van der Waals surface area contributed by atoms with E-state index in [1.165, 1.54) is 0 Å². The third-order valence-corrected chi connectivity index (χ3v) is 5.68. The van der Waals surface area contributed by atoms with Crippen LogP contribution in [0, 0.1) is 12.8 Å². The van der Waals surface area contributed by atoms with E-state index >= 15 is 0 Å². The molecule has 1 fully saturated rings. The van der Waals surface area contributed by atoms with Crippen LogP contribution in [0.4, 0.5) is 0 Å². The molecule has 0 radical (unpaired) electrons. The molecule has 1 aliphatic carbocycles. The average molecular weight is 364 g/mol. The Morgan fingerprint density at radius 2 is 2.04 bits per heavy atom. The highest BCUT2D eigenvalue weighted by molar-refractivity contribution is 6.29. The maximum absolute atomic E-state index is 12.9. The molecule has 1 saturated carbocycles. The summed E-state index contributed by atoms with van der Waals surface area (Å²) in [5.41, 5.74) is 1.83. The first-order chi connectivity index (χ1) is 11.8. The first-order valence-corrected chi connectivity index (χ1v) is 9.19. The second-order valence-electron chi connectivity index (χ2n) is 7.53. The largest absolute Gasteiger partial charge is 0.381 e. The predicted octanol–water partition coefficient (Wildman–Crippen LogP) is 4.01. The van der Waals surface area contributed by atoms with Crippen LogP contribution in [-0.2, 0) is 4.74 Å². The van der Waals surface area contributed by atoms with Gasteiger partial charge in [-0.05, 0) is 64.5 Å². The molecule has 3 rings (SSSR count). The highest BCUT2D eigenvalue weighted by atomic mass is 35.5. The van der Waals surface area contributed by atoms with Crippen LogP contribution in [0.25, 0.3) is 5.65 Å². The summed E-state index contributed by atoms with van der Waals surface area (Å²) in [4.78, 5) is 17.2. The highest BCUT2D eigenvalue weighted by Gasteiger charge is 2.35. The van der Waals surface area contributed by atoms with E-state index in [-0.39, 0.29) is 11.4 Å². The first-order valence-electron chi connectivity index (χ1n) is 8.81. The smallest absolute Gasteiger partial charge is 0.255 e. The number of methoxy groups -OCH3 is 1. The van der Waals surface area contributed by atoms with Gasteiger partial charge in [-0.3, -0.25) is 4.79 Å². The summed E-state index contributed by atoms with van der Waals surface area (Å²) < 4.78 is 7.34. The summed E-state index contributed by atoms with van der Waals surface area (Å²) >= 11 is 6.07. The molecule has 1 aliphatic rings. The van der Waals surface area contributed by atoms with Crippen molar-refractivity contribution < 1.29 is 9.53 Å². The Labute approximate surface area is 153 Å². The van der Waals surface area contributed by atoms with Crippen LogP contribution < -0.4 is 5.32 Å². The Balaban J connectivity index is 1.78. The molecular formula is C19H26ClN3O2. The molecule has 1 N–H and O–H groups in total. The van der Waals surface area contributed by atoms with Crippen LogP contribution in [0.3, 0.4) is 0 Å². The monoisotopic (exact) mass is 363 g/mol. The van der Waals surface area contributed by atoms with Gasteiger partial charge in [0.1, 0.15) is 5.15 Å². The first kappa shape index (κ1) is 18.2. The SMILES string of the molecule is CO[C@H]1CC[C@@H](C(C)(C)NC(=O)c2ccn3c(C)cc(Cl)nc23)CC1. The van der Waals surface area contributed by atoms with Gasteiger partial charge in [0.2, 0.25) is 0 Å². The fraction of sp³-hybridized carbons (Fsp3) is 0.579. The molecule has 0 spiro atoms. The number of ether oxygens (including phenoxy) is 1. The van der Waals surface area contributed by atoms with Crippen molar-refractivity contribution in [1.29, 1.82) is 0 Å². The summed E-state index contributed by atoms with van der Waals surface area (Å²) in [6, 6.07) is 3.59. The van der Waals surface area contributed by atoms with Crippen molar-refractivity contribution in [3.63, 3.8) is 0 Å². The lowest BCUT2D eigenvalue weighted by Crippen LogP contribution is -2.50. The zero-order chi connectivity index (χ0) is 18.2. The summed E-state index contributed by atoms with van der Waals surface area (Å²) in [6.07, 6.45) is 6.43. The Morgan fingerprint density at radius 3 is 2.68 bits per heavy atom. The van der Waals surface area contributed by atoms with E-state index in [0.29, 0.717) is 28.4 Å². The Kier molecular flexibility index (Phi) is 5.07. The highest BCUT2D eigenvalue weighted by Crippen LogP contribution is 2.34. The van der Waals surface area contributed by atoms with Gasteiger partial charge in [-0.2, -0.15) is 0 Å². The number of fused-ring (bicyclic) bond motifs is 1. The minimum Gasteiger partial charge on any atom is -0.381 e. The summed E-state index contributed by atoms with van der Waals surface area (Å²) in [5, 5.41) is 3.61. The molecule has 0 aromatic carbocycles. The van der Waals surface area contributed by atoms with Gasteiger partial charge in [-0.15, -0.1) is 0 Å². The third-order valence-electron chi connectivity index (χ3n) is 5.49. The van der Waals surface area contributed by atoms with Crippen molar-refractivity contribution in [1.82, 2.24) is 14.7 Å². The number of amides is 1. The maximum Gasteiger partial charge on any atom is 0.255 e. The van der Waals surface area contributed by atoms with Crippen LogP contribution in [0.2, 0.25) is 5.15 Å². The van der Waals surface area contributed by atoms with Crippen LogP contribution in [0.15, 0.2) is 18.3 Å². The molecule has 5 nitrogen and oxygen atoms in total. The van der Waals surface area contributed by atoms with E-state index < -0.39 is 0 Å². The minimum absolute atomic E-state index is 0.101. The van der Waals surface area contributed by atoms with E-state index in [1.807, 2.05) is 17.5 Å². The van der Waals surface area contributed by atoms with Crippen LogP contribution in [0.5, 0.6) is 0 Å². The lowest BCUT2D eigenvalue weighted by atomic mass is 9.75. The summed E-state index contributed by atoms with van der Waals surface area (Å²) in [7, 11) is 1.77. The van der Waals surface area contributed by atoms with Gasteiger partial charge < -0.3 is 14.5 Å². The van der Waals surface area contributed by atoms with Crippen LogP contribution >= 0.6 is 11.6 Å².